The van der Waals surface area contributed by atoms with Crippen LogP contribution in [0.1, 0.15) is 37.3 Å². The van der Waals surface area contributed by atoms with E-state index in [1.165, 1.54) is 11.1 Å². The number of piperidine rings is 1. The molecule has 2 aliphatic heterocycles. The van der Waals surface area contributed by atoms with Gasteiger partial charge in [-0.25, -0.2) is 0 Å². The molecule has 0 radical (unpaired) electrons. The van der Waals surface area contributed by atoms with Crippen LogP contribution in [0.25, 0.3) is 0 Å². The van der Waals surface area contributed by atoms with E-state index in [4.69, 9.17) is 4.74 Å². The van der Waals surface area contributed by atoms with Gasteiger partial charge in [0, 0.05) is 38.0 Å². The first-order valence-corrected chi connectivity index (χ1v) is 8.97. The Balaban J connectivity index is 1.30. The predicted molar refractivity (Wildman–Crippen MR) is 89.4 cm³/mol. The number of rotatable bonds is 4. The number of hydrogen-bond donors (Lipinski definition) is 1. The maximum Gasteiger partial charge on any atom is 0.225 e. The zero-order valence-corrected chi connectivity index (χ0v) is 13.9. The van der Waals surface area contributed by atoms with Crippen LogP contribution < -0.4 is 10.1 Å². The van der Waals surface area contributed by atoms with E-state index in [2.05, 4.69) is 35.3 Å². The Morgan fingerprint density at radius 2 is 2.22 bits per heavy atom. The molecule has 2 heterocycles. The van der Waals surface area contributed by atoms with Gasteiger partial charge in [-0.2, -0.15) is 0 Å². The SMILES string of the molecule is C[C@H]1CN(C(=O)C2CC2)CC[C@H]1NCc1ccc2c(c1)CCO2. The third-order valence-electron chi connectivity index (χ3n) is 5.47. The van der Waals surface area contributed by atoms with Crippen molar-refractivity contribution in [1.29, 1.82) is 0 Å². The van der Waals surface area contributed by atoms with Crippen molar-refractivity contribution < 1.29 is 9.53 Å². The molecule has 0 unspecified atom stereocenters. The van der Waals surface area contributed by atoms with Crippen LogP contribution in [0.3, 0.4) is 0 Å². The van der Waals surface area contributed by atoms with Gasteiger partial charge in [0.05, 0.1) is 6.61 Å². The molecular weight excluding hydrogens is 288 g/mol. The van der Waals surface area contributed by atoms with Crippen LogP contribution in [0, 0.1) is 11.8 Å². The maximum absolute atomic E-state index is 12.2. The lowest BCUT2D eigenvalue weighted by Crippen LogP contribution is -2.50. The first kappa shape index (κ1) is 15.0. The highest BCUT2D eigenvalue weighted by Crippen LogP contribution is 2.32. The quantitative estimate of drug-likeness (QED) is 0.927. The number of benzene rings is 1. The van der Waals surface area contributed by atoms with E-state index in [1.54, 1.807) is 0 Å². The fourth-order valence-electron chi connectivity index (χ4n) is 3.84. The van der Waals surface area contributed by atoms with Crippen molar-refractivity contribution in [2.75, 3.05) is 19.7 Å². The van der Waals surface area contributed by atoms with Crippen LogP contribution >= 0.6 is 0 Å². The lowest BCUT2D eigenvalue weighted by Gasteiger charge is -2.37. The van der Waals surface area contributed by atoms with Gasteiger partial charge in [0.15, 0.2) is 0 Å². The van der Waals surface area contributed by atoms with Crippen molar-refractivity contribution in [3.05, 3.63) is 29.3 Å². The molecule has 1 aromatic carbocycles. The number of amides is 1. The Morgan fingerprint density at radius 3 is 3.00 bits per heavy atom. The first-order chi connectivity index (χ1) is 11.2. The Hall–Kier alpha value is -1.55. The van der Waals surface area contributed by atoms with Crippen molar-refractivity contribution in [2.24, 2.45) is 11.8 Å². The molecule has 1 saturated heterocycles. The number of hydrogen-bond acceptors (Lipinski definition) is 3. The largest absolute Gasteiger partial charge is 0.493 e. The Kier molecular flexibility index (Phi) is 4.02. The average Bonchev–Trinajstić information content (AvgIpc) is 3.30. The molecule has 2 atom stereocenters. The predicted octanol–water partition coefficient (Wildman–Crippen LogP) is 2.36. The van der Waals surface area contributed by atoms with Gasteiger partial charge in [-0.05, 0) is 42.4 Å². The molecule has 4 nitrogen and oxygen atoms in total. The van der Waals surface area contributed by atoms with Crippen molar-refractivity contribution in [2.45, 2.75) is 45.2 Å². The summed E-state index contributed by atoms with van der Waals surface area (Å²) in [6.45, 7) is 5.80. The molecule has 0 spiro atoms. The first-order valence-electron chi connectivity index (χ1n) is 8.97. The van der Waals surface area contributed by atoms with E-state index in [9.17, 15) is 4.79 Å². The van der Waals surface area contributed by atoms with E-state index >= 15 is 0 Å². The van der Waals surface area contributed by atoms with Gasteiger partial charge in [-0.1, -0.05) is 19.1 Å². The second-order valence-corrected chi connectivity index (χ2v) is 7.35. The summed E-state index contributed by atoms with van der Waals surface area (Å²) in [4.78, 5) is 14.3. The smallest absolute Gasteiger partial charge is 0.225 e. The number of ether oxygens (including phenoxy) is 1. The minimum atomic E-state index is 0.348. The van der Waals surface area contributed by atoms with Gasteiger partial charge in [0.1, 0.15) is 5.75 Å². The van der Waals surface area contributed by atoms with Gasteiger partial charge < -0.3 is 15.0 Å². The highest BCUT2D eigenvalue weighted by molar-refractivity contribution is 5.81. The molecule has 0 aromatic heterocycles. The lowest BCUT2D eigenvalue weighted by atomic mass is 9.93. The number of fused-ring (bicyclic) bond motifs is 1. The summed E-state index contributed by atoms with van der Waals surface area (Å²) in [5.41, 5.74) is 2.67. The molecule has 2 fully saturated rings. The van der Waals surface area contributed by atoms with Gasteiger partial charge in [0.25, 0.3) is 0 Å². The highest BCUT2D eigenvalue weighted by atomic mass is 16.5. The van der Waals surface area contributed by atoms with Crippen molar-refractivity contribution >= 4 is 5.91 Å². The second-order valence-electron chi connectivity index (χ2n) is 7.35. The summed E-state index contributed by atoms with van der Waals surface area (Å²) < 4.78 is 5.57. The highest BCUT2D eigenvalue weighted by Gasteiger charge is 2.36. The molecule has 3 aliphatic rings. The topological polar surface area (TPSA) is 41.6 Å². The normalized spacial score (nSPS) is 26.7. The summed E-state index contributed by atoms with van der Waals surface area (Å²) in [6.07, 6.45) is 4.30. The van der Waals surface area contributed by atoms with E-state index in [-0.39, 0.29) is 0 Å². The Morgan fingerprint density at radius 1 is 1.35 bits per heavy atom. The van der Waals surface area contributed by atoms with Crippen molar-refractivity contribution in [3.63, 3.8) is 0 Å². The summed E-state index contributed by atoms with van der Waals surface area (Å²) in [5.74, 6) is 2.31. The molecule has 4 rings (SSSR count). The third kappa shape index (κ3) is 3.23. The lowest BCUT2D eigenvalue weighted by molar-refractivity contribution is -0.134. The molecule has 1 amide bonds. The van der Waals surface area contributed by atoms with Crippen LogP contribution in [0.15, 0.2) is 18.2 Å². The Bertz CT molecular complexity index is 597. The average molecular weight is 314 g/mol. The minimum Gasteiger partial charge on any atom is -0.493 e. The summed E-state index contributed by atoms with van der Waals surface area (Å²) in [6, 6.07) is 7.03. The number of carbonyl (C=O) groups excluding carboxylic acids is 1. The number of likely N-dealkylation sites (tertiary alicyclic amines) is 1. The fourth-order valence-corrected chi connectivity index (χ4v) is 3.84. The monoisotopic (exact) mass is 314 g/mol. The number of nitrogens with one attached hydrogen (secondary N) is 1. The molecule has 1 N–H and O–H groups in total. The van der Waals surface area contributed by atoms with E-state index in [0.717, 1.165) is 57.7 Å². The fraction of sp³-hybridized carbons (Fsp3) is 0.632. The number of nitrogens with zero attached hydrogens (tertiary/aromatic N) is 1. The maximum atomic E-state index is 12.2. The van der Waals surface area contributed by atoms with Crippen molar-refractivity contribution in [1.82, 2.24) is 10.2 Å². The third-order valence-corrected chi connectivity index (χ3v) is 5.47. The van der Waals surface area contributed by atoms with E-state index < -0.39 is 0 Å². The summed E-state index contributed by atoms with van der Waals surface area (Å²) >= 11 is 0. The molecule has 0 bridgehead atoms. The van der Waals surface area contributed by atoms with Gasteiger partial charge in [0.2, 0.25) is 5.91 Å². The van der Waals surface area contributed by atoms with Crippen LogP contribution in [0.4, 0.5) is 0 Å². The molecule has 1 aliphatic carbocycles. The van der Waals surface area contributed by atoms with Crippen LogP contribution in [0.2, 0.25) is 0 Å². The molecule has 1 saturated carbocycles. The summed E-state index contributed by atoms with van der Waals surface area (Å²) in [5, 5.41) is 3.70. The molecule has 124 valence electrons. The van der Waals surface area contributed by atoms with Crippen LogP contribution in [-0.4, -0.2) is 36.5 Å². The van der Waals surface area contributed by atoms with Crippen molar-refractivity contribution in [3.8, 4) is 5.75 Å². The van der Waals surface area contributed by atoms with E-state index in [1.807, 2.05) is 0 Å². The van der Waals surface area contributed by atoms with E-state index in [0.29, 0.717) is 23.8 Å². The zero-order chi connectivity index (χ0) is 15.8. The van der Waals surface area contributed by atoms with Crippen LogP contribution in [0.5, 0.6) is 5.75 Å². The standard InChI is InChI=1S/C19H26N2O2/c1-13-12-21(19(22)15-3-4-15)8-6-17(13)20-11-14-2-5-18-16(10-14)7-9-23-18/h2,5,10,13,15,17,20H,3-4,6-9,11-12H2,1H3/t13-,17+/m0/s1. The Labute approximate surface area is 138 Å². The summed E-state index contributed by atoms with van der Waals surface area (Å²) in [7, 11) is 0. The van der Waals surface area contributed by atoms with Crippen LogP contribution in [-0.2, 0) is 17.8 Å². The second kappa shape index (κ2) is 6.16. The molecule has 1 aromatic rings. The van der Waals surface area contributed by atoms with Gasteiger partial charge in [-0.3, -0.25) is 4.79 Å². The number of carbonyl (C=O) groups is 1. The zero-order valence-electron chi connectivity index (χ0n) is 13.9. The molecular formula is C19H26N2O2. The van der Waals surface area contributed by atoms with Gasteiger partial charge >= 0.3 is 0 Å². The minimum absolute atomic E-state index is 0.348. The van der Waals surface area contributed by atoms with Gasteiger partial charge in [-0.15, -0.1) is 0 Å². The molecule has 23 heavy (non-hydrogen) atoms. The molecule has 4 heteroatoms.